The van der Waals surface area contributed by atoms with Crippen molar-refractivity contribution in [1.29, 1.82) is 0 Å². The molecule has 1 saturated carbocycles. The molecule has 0 atom stereocenters. The van der Waals surface area contributed by atoms with Crippen LogP contribution >= 0.6 is 15.9 Å². The first-order valence-electron chi connectivity index (χ1n) is 3.61. The lowest BCUT2D eigenvalue weighted by molar-refractivity contribution is 0.444. The number of hydrogen-bond acceptors (Lipinski definition) is 0. The first kappa shape index (κ1) is 7.33. The van der Waals surface area contributed by atoms with Gasteiger partial charge in [-0.15, -0.1) is 0 Å². The van der Waals surface area contributed by atoms with Gasteiger partial charge in [0.25, 0.3) is 0 Å². The molecule has 1 aliphatic carbocycles. The monoisotopic (exact) mass is 188 g/mol. The Kier molecular flexibility index (Phi) is 2.77. The SMILES string of the molecule is CC1CCC(=CBr)CC1. The van der Waals surface area contributed by atoms with Gasteiger partial charge in [0.2, 0.25) is 0 Å². The van der Waals surface area contributed by atoms with E-state index in [0.29, 0.717) is 0 Å². The summed E-state index contributed by atoms with van der Waals surface area (Å²) in [6, 6.07) is 0. The van der Waals surface area contributed by atoms with E-state index in [2.05, 4.69) is 27.8 Å². The fourth-order valence-electron chi connectivity index (χ4n) is 1.24. The van der Waals surface area contributed by atoms with Gasteiger partial charge in [0.15, 0.2) is 0 Å². The summed E-state index contributed by atoms with van der Waals surface area (Å²) in [6.45, 7) is 2.34. The Balaban J connectivity index is 2.35. The second-order valence-corrected chi connectivity index (χ2v) is 3.41. The standard InChI is InChI=1S/C8H13Br/c1-7-2-4-8(6-9)5-3-7/h6-7H,2-5H2,1H3. The molecule has 0 N–H and O–H groups in total. The Morgan fingerprint density at radius 3 is 2.44 bits per heavy atom. The van der Waals surface area contributed by atoms with Crippen molar-refractivity contribution in [3.8, 4) is 0 Å². The zero-order valence-electron chi connectivity index (χ0n) is 5.86. The van der Waals surface area contributed by atoms with Crippen LogP contribution in [0.4, 0.5) is 0 Å². The average Bonchev–Trinajstić information content (AvgIpc) is 1.90. The second-order valence-electron chi connectivity index (χ2n) is 2.95. The highest BCUT2D eigenvalue weighted by Gasteiger charge is 2.10. The molecule has 0 aromatic heterocycles. The average molecular weight is 189 g/mol. The summed E-state index contributed by atoms with van der Waals surface area (Å²) in [7, 11) is 0. The first-order valence-corrected chi connectivity index (χ1v) is 4.52. The molecule has 0 aliphatic heterocycles. The van der Waals surface area contributed by atoms with E-state index in [1.54, 1.807) is 5.57 Å². The predicted molar refractivity (Wildman–Crippen MR) is 44.6 cm³/mol. The van der Waals surface area contributed by atoms with E-state index in [9.17, 15) is 0 Å². The highest BCUT2D eigenvalue weighted by molar-refractivity contribution is 9.11. The van der Waals surface area contributed by atoms with Gasteiger partial charge in [-0.1, -0.05) is 28.4 Å². The highest BCUT2D eigenvalue weighted by atomic mass is 79.9. The molecule has 0 saturated heterocycles. The number of rotatable bonds is 0. The minimum Gasteiger partial charge on any atom is -0.0633 e. The molecule has 1 heteroatoms. The molecule has 0 bridgehead atoms. The van der Waals surface area contributed by atoms with Gasteiger partial charge in [0.1, 0.15) is 0 Å². The van der Waals surface area contributed by atoms with Gasteiger partial charge < -0.3 is 0 Å². The third-order valence-electron chi connectivity index (χ3n) is 2.07. The molecule has 1 fully saturated rings. The minimum atomic E-state index is 0.959. The van der Waals surface area contributed by atoms with Gasteiger partial charge in [-0.2, -0.15) is 0 Å². The maximum absolute atomic E-state index is 3.37. The van der Waals surface area contributed by atoms with Gasteiger partial charge in [-0.3, -0.25) is 0 Å². The van der Waals surface area contributed by atoms with Gasteiger partial charge in [0.05, 0.1) is 0 Å². The molecule has 0 nitrogen and oxygen atoms in total. The van der Waals surface area contributed by atoms with Crippen molar-refractivity contribution < 1.29 is 0 Å². The number of allylic oxidation sites excluding steroid dienone is 1. The van der Waals surface area contributed by atoms with E-state index in [1.807, 2.05) is 0 Å². The van der Waals surface area contributed by atoms with Crippen LogP contribution in [0.1, 0.15) is 32.6 Å². The maximum Gasteiger partial charge on any atom is -0.0197 e. The Bertz CT molecular complexity index is 106. The molecule has 0 heterocycles. The number of halogens is 1. The molecule has 1 aliphatic rings. The molecule has 0 aromatic carbocycles. The Hall–Kier alpha value is 0.220. The molecule has 0 unspecified atom stereocenters. The molecule has 52 valence electrons. The Morgan fingerprint density at radius 1 is 1.44 bits per heavy atom. The van der Waals surface area contributed by atoms with Crippen LogP contribution in [0.3, 0.4) is 0 Å². The summed E-state index contributed by atoms with van der Waals surface area (Å²) >= 11 is 3.37. The zero-order chi connectivity index (χ0) is 6.69. The Morgan fingerprint density at radius 2 is 2.00 bits per heavy atom. The molecular formula is C8H13Br. The Labute approximate surface area is 65.5 Å². The second kappa shape index (κ2) is 3.40. The maximum atomic E-state index is 3.37. The predicted octanol–water partition coefficient (Wildman–Crippen LogP) is 3.48. The van der Waals surface area contributed by atoms with E-state index in [4.69, 9.17) is 0 Å². The van der Waals surface area contributed by atoms with Crippen LogP contribution in [0.15, 0.2) is 10.6 Å². The van der Waals surface area contributed by atoms with Crippen LogP contribution < -0.4 is 0 Å². The van der Waals surface area contributed by atoms with E-state index < -0.39 is 0 Å². The van der Waals surface area contributed by atoms with E-state index in [-0.39, 0.29) is 0 Å². The molecule has 1 rings (SSSR count). The van der Waals surface area contributed by atoms with Gasteiger partial charge in [0, 0.05) is 0 Å². The smallest absolute Gasteiger partial charge is 0.0197 e. The summed E-state index contributed by atoms with van der Waals surface area (Å²) in [6.07, 6.45) is 5.40. The molecule has 0 spiro atoms. The van der Waals surface area contributed by atoms with Crippen molar-refractivity contribution in [2.75, 3.05) is 0 Å². The fraction of sp³-hybridized carbons (Fsp3) is 0.750. The highest BCUT2D eigenvalue weighted by Crippen LogP contribution is 2.27. The lowest BCUT2D eigenvalue weighted by Gasteiger charge is -2.18. The van der Waals surface area contributed by atoms with Crippen LogP contribution in [0.5, 0.6) is 0 Å². The van der Waals surface area contributed by atoms with Crippen molar-refractivity contribution in [3.05, 3.63) is 10.6 Å². The summed E-state index contributed by atoms with van der Waals surface area (Å²) < 4.78 is 0. The van der Waals surface area contributed by atoms with Crippen molar-refractivity contribution in [2.45, 2.75) is 32.6 Å². The third-order valence-corrected chi connectivity index (χ3v) is 2.72. The van der Waals surface area contributed by atoms with Crippen LogP contribution in [0.2, 0.25) is 0 Å². The van der Waals surface area contributed by atoms with E-state index in [1.165, 1.54) is 25.7 Å². The molecular weight excluding hydrogens is 176 g/mol. The topological polar surface area (TPSA) is 0 Å². The van der Waals surface area contributed by atoms with Gasteiger partial charge >= 0.3 is 0 Å². The van der Waals surface area contributed by atoms with E-state index >= 15 is 0 Å². The summed E-state index contributed by atoms with van der Waals surface area (Å²) in [5.41, 5.74) is 1.59. The number of hydrogen-bond donors (Lipinski definition) is 0. The van der Waals surface area contributed by atoms with Crippen LogP contribution in [-0.2, 0) is 0 Å². The van der Waals surface area contributed by atoms with Gasteiger partial charge in [-0.05, 0) is 36.6 Å². The molecule has 0 radical (unpaired) electrons. The third kappa shape index (κ3) is 2.13. The quantitative estimate of drug-likeness (QED) is 0.547. The van der Waals surface area contributed by atoms with Crippen molar-refractivity contribution in [2.24, 2.45) is 5.92 Å². The van der Waals surface area contributed by atoms with E-state index in [0.717, 1.165) is 5.92 Å². The summed E-state index contributed by atoms with van der Waals surface area (Å²) in [4.78, 5) is 2.10. The minimum absolute atomic E-state index is 0.959. The molecule has 0 amide bonds. The zero-order valence-corrected chi connectivity index (χ0v) is 7.45. The van der Waals surface area contributed by atoms with Crippen molar-refractivity contribution in [1.82, 2.24) is 0 Å². The van der Waals surface area contributed by atoms with Gasteiger partial charge in [-0.25, -0.2) is 0 Å². The van der Waals surface area contributed by atoms with Crippen molar-refractivity contribution in [3.63, 3.8) is 0 Å². The van der Waals surface area contributed by atoms with Crippen molar-refractivity contribution >= 4 is 15.9 Å². The lowest BCUT2D eigenvalue weighted by Crippen LogP contribution is -2.02. The summed E-state index contributed by atoms with van der Waals surface area (Å²) in [5.74, 6) is 0.959. The summed E-state index contributed by atoms with van der Waals surface area (Å²) in [5, 5.41) is 0. The largest absolute Gasteiger partial charge is 0.0633 e. The van der Waals surface area contributed by atoms with Crippen LogP contribution in [0.25, 0.3) is 0 Å². The molecule has 9 heavy (non-hydrogen) atoms. The van der Waals surface area contributed by atoms with Crippen LogP contribution in [-0.4, -0.2) is 0 Å². The molecule has 0 aromatic rings. The lowest BCUT2D eigenvalue weighted by atomic mass is 9.88. The normalized spacial score (nSPS) is 28.2. The first-order chi connectivity index (χ1) is 4.33. The fourth-order valence-corrected chi connectivity index (χ4v) is 1.70. The van der Waals surface area contributed by atoms with Crippen LogP contribution in [0, 0.1) is 5.92 Å².